The van der Waals surface area contributed by atoms with Crippen LogP contribution >= 0.6 is 0 Å². The number of nitrogens with two attached hydrogens (primary N) is 1. The average Bonchev–Trinajstić information content (AvgIpc) is 3.19. The molecular weight excluding hydrogens is 478 g/mol. The number of ether oxygens (including phenoxy) is 2. The minimum Gasteiger partial charge on any atom is -0.480 e. The van der Waals surface area contributed by atoms with E-state index in [2.05, 4.69) is 20.3 Å². The lowest BCUT2D eigenvalue weighted by molar-refractivity contribution is -0.149. The number of carbonyl (C=O) groups excluding carboxylic acids is 2. The summed E-state index contributed by atoms with van der Waals surface area (Å²) in [5.74, 6) is -2.56. The van der Waals surface area contributed by atoms with Crippen molar-refractivity contribution in [3.63, 3.8) is 0 Å². The van der Waals surface area contributed by atoms with E-state index < -0.39 is 59.6 Å². The number of nitrogens with one attached hydrogen (secondary N) is 2. The molecule has 0 aromatic carbocycles. The molecule has 1 amide bonds. The van der Waals surface area contributed by atoms with Gasteiger partial charge in [0.25, 0.3) is 5.56 Å². The largest absolute Gasteiger partial charge is 0.480 e. The highest BCUT2D eigenvalue weighted by molar-refractivity contribution is 5.87. The molecule has 3 unspecified atom stereocenters. The van der Waals surface area contributed by atoms with Gasteiger partial charge in [0, 0.05) is 29.5 Å². The first kappa shape index (κ1) is 28.6. The number of hydrogen-bond acceptors (Lipinski definition) is 9. The molecule has 15 heteroatoms. The first-order valence-electron chi connectivity index (χ1n) is 11.4. The molecule has 15 nitrogen and oxygen atoms in total. The third-order valence-electron chi connectivity index (χ3n) is 5.58. The molecule has 1 fully saturated rings. The van der Waals surface area contributed by atoms with Gasteiger partial charge in [0.2, 0.25) is 5.91 Å². The molecule has 0 spiro atoms. The molecule has 0 radical (unpaired) electrons. The number of carbonyl (C=O) groups is 3. The molecule has 36 heavy (non-hydrogen) atoms. The van der Waals surface area contributed by atoms with Crippen molar-refractivity contribution in [1.82, 2.24) is 14.9 Å². The minimum atomic E-state index is -1.33. The van der Waals surface area contributed by atoms with E-state index in [9.17, 15) is 29.1 Å². The van der Waals surface area contributed by atoms with Gasteiger partial charge in [-0.1, -0.05) is 19.0 Å². The Kier molecular flexibility index (Phi) is 10.2. The molecule has 1 aromatic rings. The number of azide groups is 1. The van der Waals surface area contributed by atoms with Crippen molar-refractivity contribution in [1.29, 1.82) is 0 Å². The topological polar surface area (TPSA) is 232 Å². The van der Waals surface area contributed by atoms with Crippen molar-refractivity contribution in [2.45, 2.75) is 76.9 Å². The van der Waals surface area contributed by atoms with E-state index in [0.717, 1.165) is 4.57 Å². The van der Waals surface area contributed by atoms with E-state index in [1.807, 2.05) is 13.8 Å². The molecular formula is C21H31N7O8. The smallest absolute Gasteiger partial charge is 0.330 e. The standard InChI is InChI=1S/C21H31N7O8/c1-10(2)6-12(22)19(31)24-13(20(32)33)4-5-17(29)35-9-15-14(26-27-23)7-16(36-15)28-8-11(3)18(30)25-21(28)34/h8,10,12-16H,4-7,9,22H2,1-3H3,(H,24,31)(H,32,33)(H,25,30,34)/t12?,13?,14?,15-,16-/m1/s1. The van der Waals surface area contributed by atoms with Gasteiger partial charge in [-0.05, 0) is 31.2 Å². The molecule has 5 atom stereocenters. The zero-order valence-corrected chi connectivity index (χ0v) is 20.2. The van der Waals surface area contributed by atoms with Crippen LogP contribution < -0.4 is 22.3 Å². The van der Waals surface area contributed by atoms with Gasteiger partial charge < -0.3 is 25.6 Å². The van der Waals surface area contributed by atoms with Crippen LogP contribution in [0.5, 0.6) is 0 Å². The minimum absolute atomic E-state index is 0.0986. The average molecular weight is 510 g/mol. The van der Waals surface area contributed by atoms with E-state index in [1.165, 1.54) is 13.1 Å². The van der Waals surface area contributed by atoms with Crippen molar-refractivity contribution in [2.75, 3.05) is 6.61 Å². The van der Waals surface area contributed by atoms with Crippen LogP contribution in [0.2, 0.25) is 0 Å². The lowest BCUT2D eigenvalue weighted by Crippen LogP contribution is -2.49. The van der Waals surface area contributed by atoms with E-state index >= 15 is 0 Å². The summed E-state index contributed by atoms with van der Waals surface area (Å²) < 4.78 is 12.1. The summed E-state index contributed by atoms with van der Waals surface area (Å²) >= 11 is 0. The van der Waals surface area contributed by atoms with Gasteiger partial charge in [0.05, 0.1) is 12.1 Å². The number of nitrogens with zero attached hydrogens (tertiary/aromatic N) is 4. The van der Waals surface area contributed by atoms with Crippen LogP contribution in [0.25, 0.3) is 10.4 Å². The van der Waals surface area contributed by atoms with E-state index in [4.69, 9.17) is 20.7 Å². The van der Waals surface area contributed by atoms with E-state index in [-0.39, 0.29) is 37.4 Å². The number of aromatic nitrogens is 2. The highest BCUT2D eigenvalue weighted by Crippen LogP contribution is 2.30. The molecule has 1 aliphatic rings. The number of rotatable bonds is 12. The highest BCUT2D eigenvalue weighted by atomic mass is 16.6. The molecule has 2 heterocycles. The number of aryl methyl sites for hydroxylation is 1. The number of amides is 1. The molecule has 1 aromatic heterocycles. The Labute approximate surface area is 205 Å². The summed E-state index contributed by atoms with van der Waals surface area (Å²) in [6, 6.07) is -2.97. The van der Waals surface area contributed by atoms with Crippen molar-refractivity contribution in [2.24, 2.45) is 16.8 Å². The van der Waals surface area contributed by atoms with Crippen LogP contribution in [0.3, 0.4) is 0 Å². The molecule has 2 rings (SSSR count). The third-order valence-corrected chi connectivity index (χ3v) is 5.58. The third kappa shape index (κ3) is 7.93. The van der Waals surface area contributed by atoms with Crippen LogP contribution in [-0.2, 0) is 23.9 Å². The van der Waals surface area contributed by atoms with Gasteiger partial charge >= 0.3 is 17.6 Å². The second kappa shape index (κ2) is 12.9. The number of H-pyrrole nitrogens is 1. The number of carboxylic acids is 1. The van der Waals surface area contributed by atoms with Gasteiger partial charge in [-0.15, -0.1) is 0 Å². The van der Waals surface area contributed by atoms with Crippen LogP contribution in [-0.4, -0.2) is 63.3 Å². The van der Waals surface area contributed by atoms with Crippen molar-refractivity contribution in [3.05, 3.63) is 43.0 Å². The van der Waals surface area contributed by atoms with Gasteiger partial charge in [-0.3, -0.25) is 23.9 Å². The maximum absolute atomic E-state index is 12.2. The van der Waals surface area contributed by atoms with E-state index in [0.29, 0.717) is 6.42 Å². The number of aromatic amines is 1. The normalized spacial score (nSPS) is 20.9. The quantitative estimate of drug-likeness (QED) is 0.129. The summed E-state index contributed by atoms with van der Waals surface area (Å²) in [5, 5.41) is 15.3. The Balaban J connectivity index is 1.94. The Bertz CT molecular complexity index is 1120. The Morgan fingerprint density at radius 2 is 2.11 bits per heavy atom. The number of hydrogen-bond donors (Lipinski definition) is 4. The zero-order valence-electron chi connectivity index (χ0n) is 20.2. The first-order valence-corrected chi connectivity index (χ1v) is 11.4. The predicted molar refractivity (Wildman–Crippen MR) is 125 cm³/mol. The zero-order chi connectivity index (χ0) is 27.0. The Morgan fingerprint density at radius 1 is 1.42 bits per heavy atom. The molecule has 5 N–H and O–H groups in total. The maximum Gasteiger partial charge on any atom is 0.330 e. The maximum atomic E-state index is 12.2. The van der Waals surface area contributed by atoms with Gasteiger partial charge in [-0.2, -0.15) is 0 Å². The number of aliphatic carboxylic acids is 1. The molecule has 1 saturated heterocycles. The molecule has 0 saturated carbocycles. The molecule has 0 aliphatic carbocycles. The fourth-order valence-electron chi connectivity index (χ4n) is 3.68. The highest BCUT2D eigenvalue weighted by Gasteiger charge is 2.37. The second-order valence-corrected chi connectivity index (χ2v) is 8.97. The predicted octanol–water partition coefficient (Wildman–Crippen LogP) is 0.0776. The Hall–Kier alpha value is -3.68. The SMILES string of the molecule is Cc1cn([C@H]2CC(N=[N+]=[N-])[C@@H](COC(=O)CCC(NC(=O)C(N)CC(C)C)C(=O)O)O2)c(=O)[nH]c1=O. The van der Waals surface area contributed by atoms with Crippen LogP contribution in [0.15, 0.2) is 20.9 Å². The second-order valence-electron chi connectivity index (χ2n) is 8.97. The molecule has 1 aliphatic heterocycles. The summed E-state index contributed by atoms with van der Waals surface area (Å²) in [7, 11) is 0. The lowest BCUT2D eigenvalue weighted by atomic mass is 10.0. The first-order chi connectivity index (χ1) is 16.9. The van der Waals surface area contributed by atoms with Crippen LogP contribution in [0.1, 0.15) is 51.3 Å². The van der Waals surface area contributed by atoms with Crippen molar-refractivity contribution < 1.29 is 29.0 Å². The fourth-order valence-corrected chi connectivity index (χ4v) is 3.68. The van der Waals surface area contributed by atoms with Crippen LogP contribution in [0, 0.1) is 12.8 Å². The van der Waals surface area contributed by atoms with Crippen molar-refractivity contribution >= 4 is 17.8 Å². The summed E-state index contributed by atoms with van der Waals surface area (Å²) in [6.07, 6.45) is -0.500. The molecule has 0 bridgehead atoms. The fraction of sp³-hybridized carbons (Fsp3) is 0.667. The van der Waals surface area contributed by atoms with Crippen LogP contribution in [0.4, 0.5) is 0 Å². The summed E-state index contributed by atoms with van der Waals surface area (Å²) in [6.45, 7) is 4.94. The van der Waals surface area contributed by atoms with Crippen molar-refractivity contribution in [3.8, 4) is 0 Å². The van der Waals surface area contributed by atoms with E-state index in [1.54, 1.807) is 0 Å². The lowest BCUT2D eigenvalue weighted by Gasteiger charge is -2.19. The number of carboxylic acid groups (broad SMARTS) is 1. The van der Waals surface area contributed by atoms with Gasteiger partial charge in [0.15, 0.2) is 0 Å². The summed E-state index contributed by atoms with van der Waals surface area (Å²) in [5.41, 5.74) is 13.7. The van der Waals surface area contributed by atoms with Gasteiger partial charge in [-0.25, -0.2) is 9.59 Å². The monoisotopic (exact) mass is 509 g/mol. The summed E-state index contributed by atoms with van der Waals surface area (Å²) in [4.78, 5) is 64.5. The van der Waals surface area contributed by atoms with Gasteiger partial charge in [0.1, 0.15) is 25.0 Å². The molecule has 198 valence electrons. The Morgan fingerprint density at radius 3 is 2.72 bits per heavy atom. The number of esters is 1.